The van der Waals surface area contributed by atoms with E-state index < -0.39 is 6.04 Å². The zero-order valence-electron chi connectivity index (χ0n) is 13.8. The minimum atomic E-state index is -0.581. The molecule has 1 heterocycles. The Labute approximate surface area is 150 Å². The molecule has 0 radical (unpaired) electrons. The lowest BCUT2D eigenvalue weighted by atomic mass is 10.0. The summed E-state index contributed by atoms with van der Waals surface area (Å²) >= 11 is 7.40. The first-order valence-corrected chi connectivity index (χ1v) is 8.81. The highest BCUT2D eigenvalue weighted by Crippen LogP contribution is 2.23. The number of rotatable bonds is 6. The van der Waals surface area contributed by atoms with Gasteiger partial charge < -0.3 is 10.6 Å². The summed E-state index contributed by atoms with van der Waals surface area (Å²) in [5, 5.41) is 6.65. The smallest absolute Gasteiger partial charge is 0.248 e. The molecule has 0 aliphatic rings. The molecule has 0 aliphatic heterocycles. The van der Waals surface area contributed by atoms with E-state index in [9.17, 15) is 9.59 Å². The van der Waals surface area contributed by atoms with Crippen LogP contribution >= 0.6 is 22.9 Å². The standard InChI is InChI=1S/C17H20ClN3O2S/c1-10(2)15(20-11(3)22)16(23)21-17-19-9-14(24-17)8-12-5-4-6-13(18)7-12/h4-7,9-10,15H,8H2,1-3H3,(H,20,22)(H,19,21,23). The van der Waals surface area contributed by atoms with E-state index in [0.717, 1.165) is 10.4 Å². The maximum absolute atomic E-state index is 12.3. The van der Waals surface area contributed by atoms with Crippen molar-refractivity contribution in [2.75, 3.05) is 5.32 Å². The van der Waals surface area contributed by atoms with Gasteiger partial charge in [-0.05, 0) is 23.6 Å². The minimum absolute atomic E-state index is 0.0141. The van der Waals surface area contributed by atoms with Gasteiger partial charge in [-0.3, -0.25) is 9.59 Å². The molecule has 0 fully saturated rings. The van der Waals surface area contributed by atoms with Gasteiger partial charge in [0.05, 0.1) is 0 Å². The third-order valence-electron chi connectivity index (χ3n) is 3.36. The molecule has 5 nitrogen and oxygen atoms in total. The van der Waals surface area contributed by atoms with Crippen molar-refractivity contribution in [1.82, 2.24) is 10.3 Å². The maximum Gasteiger partial charge on any atom is 0.248 e. The SMILES string of the molecule is CC(=O)NC(C(=O)Nc1ncc(Cc2cccc(Cl)c2)s1)C(C)C. The molecule has 1 unspecified atom stereocenters. The maximum atomic E-state index is 12.3. The van der Waals surface area contributed by atoms with Crippen LogP contribution in [-0.4, -0.2) is 22.8 Å². The fraction of sp³-hybridized carbons (Fsp3) is 0.353. The number of aromatic nitrogens is 1. The van der Waals surface area contributed by atoms with Crippen LogP contribution in [0.1, 0.15) is 31.2 Å². The first-order chi connectivity index (χ1) is 11.3. The summed E-state index contributed by atoms with van der Waals surface area (Å²) in [6, 6.07) is 7.06. The van der Waals surface area contributed by atoms with E-state index in [-0.39, 0.29) is 17.7 Å². The number of anilines is 1. The molecule has 2 amide bonds. The van der Waals surface area contributed by atoms with Crippen LogP contribution in [0, 0.1) is 5.92 Å². The fourth-order valence-electron chi connectivity index (χ4n) is 2.23. The van der Waals surface area contributed by atoms with Crippen LogP contribution in [0.2, 0.25) is 5.02 Å². The average Bonchev–Trinajstić information content (AvgIpc) is 2.91. The first-order valence-electron chi connectivity index (χ1n) is 7.62. The predicted octanol–water partition coefficient (Wildman–Crippen LogP) is 3.49. The van der Waals surface area contributed by atoms with Gasteiger partial charge in [0.15, 0.2) is 5.13 Å². The van der Waals surface area contributed by atoms with Crippen molar-refractivity contribution in [3.8, 4) is 0 Å². The third-order valence-corrected chi connectivity index (χ3v) is 4.51. The summed E-state index contributed by atoms with van der Waals surface area (Å²) in [4.78, 5) is 28.8. The molecule has 2 rings (SSSR count). The summed E-state index contributed by atoms with van der Waals surface area (Å²) < 4.78 is 0. The van der Waals surface area contributed by atoms with E-state index in [1.807, 2.05) is 38.1 Å². The van der Waals surface area contributed by atoms with Crippen LogP contribution in [-0.2, 0) is 16.0 Å². The monoisotopic (exact) mass is 365 g/mol. The quantitative estimate of drug-likeness (QED) is 0.823. The Hall–Kier alpha value is -1.92. The van der Waals surface area contributed by atoms with Gasteiger partial charge >= 0.3 is 0 Å². The van der Waals surface area contributed by atoms with E-state index in [1.54, 1.807) is 6.20 Å². The lowest BCUT2D eigenvalue weighted by molar-refractivity contribution is -0.126. The summed E-state index contributed by atoms with van der Waals surface area (Å²) in [6.07, 6.45) is 2.44. The van der Waals surface area contributed by atoms with Crippen molar-refractivity contribution in [1.29, 1.82) is 0 Å². The lowest BCUT2D eigenvalue weighted by Gasteiger charge is -2.20. The second-order valence-corrected chi connectivity index (χ2v) is 7.40. The van der Waals surface area contributed by atoms with Crippen molar-refractivity contribution in [2.24, 2.45) is 5.92 Å². The molecular weight excluding hydrogens is 346 g/mol. The largest absolute Gasteiger partial charge is 0.344 e. The van der Waals surface area contributed by atoms with Crippen LogP contribution in [0.25, 0.3) is 0 Å². The van der Waals surface area contributed by atoms with E-state index in [0.29, 0.717) is 16.6 Å². The van der Waals surface area contributed by atoms with Crippen LogP contribution in [0.5, 0.6) is 0 Å². The molecule has 1 atom stereocenters. The van der Waals surface area contributed by atoms with E-state index in [1.165, 1.54) is 18.3 Å². The summed E-state index contributed by atoms with van der Waals surface area (Å²) in [7, 11) is 0. The molecular formula is C17H20ClN3O2S. The number of hydrogen-bond donors (Lipinski definition) is 2. The predicted molar refractivity (Wildman–Crippen MR) is 97.4 cm³/mol. The molecule has 128 valence electrons. The second kappa shape index (κ2) is 8.26. The van der Waals surface area contributed by atoms with Crippen molar-refractivity contribution in [2.45, 2.75) is 33.2 Å². The number of thiazole rings is 1. The summed E-state index contributed by atoms with van der Waals surface area (Å²) in [5.74, 6) is -0.506. The molecule has 7 heteroatoms. The molecule has 2 aromatic rings. The van der Waals surface area contributed by atoms with Gasteiger partial charge in [-0.15, -0.1) is 11.3 Å². The molecule has 0 bridgehead atoms. The highest BCUT2D eigenvalue weighted by Gasteiger charge is 2.23. The third kappa shape index (κ3) is 5.32. The highest BCUT2D eigenvalue weighted by atomic mass is 35.5. The number of benzene rings is 1. The van der Waals surface area contributed by atoms with Gasteiger partial charge in [0, 0.05) is 29.4 Å². The molecule has 0 spiro atoms. The number of halogens is 1. The van der Waals surface area contributed by atoms with Crippen LogP contribution in [0.4, 0.5) is 5.13 Å². The first kappa shape index (κ1) is 18.4. The Morgan fingerprint density at radius 1 is 1.33 bits per heavy atom. The highest BCUT2D eigenvalue weighted by molar-refractivity contribution is 7.15. The van der Waals surface area contributed by atoms with Gasteiger partial charge in [-0.2, -0.15) is 0 Å². The van der Waals surface area contributed by atoms with E-state index in [4.69, 9.17) is 11.6 Å². The minimum Gasteiger partial charge on any atom is -0.344 e. The fourth-order valence-corrected chi connectivity index (χ4v) is 3.29. The Bertz CT molecular complexity index is 730. The van der Waals surface area contributed by atoms with Crippen LogP contribution in [0.3, 0.4) is 0 Å². The number of amides is 2. The molecule has 1 aromatic carbocycles. The molecule has 0 saturated heterocycles. The van der Waals surface area contributed by atoms with Gasteiger partial charge in [0.2, 0.25) is 11.8 Å². The second-order valence-electron chi connectivity index (χ2n) is 5.85. The normalized spacial score (nSPS) is 12.0. The zero-order chi connectivity index (χ0) is 17.7. The van der Waals surface area contributed by atoms with Crippen LogP contribution < -0.4 is 10.6 Å². The molecule has 0 saturated carbocycles. The number of carbonyl (C=O) groups is 2. The molecule has 1 aromatic heterocycles. The van der Waals surface area contributed by atoms with Gasteiger partial charge in [0.1, 0.15) is 6.04 Å². The Morgan fingerprint density at radius 2 is 2.08 bits per heavy atom. The number of nitrogens with zero attached hydrogens (tertiary/aromatic N) is 1. The Kier molecular flexibility index (Phi) is 6.34. The molecule has 2 N–H and O–H groups in total. The zero-order valence-corrected chi connectivity index (χ0v) is 15.4. The van der Waals surface area contributed by atoms with Crippen molar-refractivity contribution >= 4 is 39.9 Å². The molecule has 24 heavy (non-hydrogen) atoms. The number of carbonyl (C=O) groups excluding carboxylic acids is 2. The lowest BCUT2D eigenvalue weighted by Crippen LogP contribution is -2.46. The van der Waals surface area contributed by atoms with E-state index >= 15 is 0 Å². The van der Waals surface area contributed by atoms with Gasteiger partial charge in [-0.1, -0.05) is 37.6 Å². The summed E-state index contributed by atoms with van der Waals surface area (Å²) in [5.41, 5.74) is 1.09. The number of hydrogen-bond acceptors (Lipinski definition) is 4. The van der Waals surface area contributed by atoms with E-state index in [2.05, 4.69) is 15.6 Å². The van der Waals surface area contributed by atoms with Gasteiger partial charge in [-0.25, -0.2) is 4.98 Å². The topological polar surface area (TPSA) is 71.1 Å². The molecule has 0 aliphatic carbocycles. The van der Waals surface area contributed by atoms with Crippen molar-refractivity contribution < 1.29 is 9.59 Å². The Balaban J connectivity index is 2.02. The Morgan fingerprint density at radius 3 is 2.71 bits per heavy atom. The van der Waals surface area contributed by atoms with Crippen molar-refractivity contribution in [3.05, 3.63) is 45.9 Å². The average molecular weight is 366 g/mol. The summed E-state index contributed by atoms with van der Waals surface area (Å²) in [6.45, 7) is 5.16. The number of nitrogens with one attached hydrogen (secondary N) is 2. The van der Waals surface area contributed by atoms with Gasteiger partial charge in [0.25, 0.3) is 0 Å². The van der Waals surface area contributed by atoms with Crippen LogP contribution in [0.15, 0.2) is 30.5 Å². The van der Waals surface area contributed by atoms with Crippen molar-refractivity contribution in [3.63, 3.8) is 0 Å².